The summed E-state index contributed by atoms with van der Waals surface area (Å²) in [7, 11) is 0. The Morgan fingerprint density at radius 3 is 2.66 bits per heavy atom. The van der Waals surface area contributed by atoms with E-state index in [9.17, 15) is 18.0 Å². The van der Waals surface area contributed by atoms with Gasteiger partial charge in [0.05, 0.1) is 27.6 Å². The smallest absolute Gasteiger partial charge is 0.342 e. The molecule has 1 N–H and O–H groups in total. The number of amides is 1. The van der Waals surface area contributed by atoms with E-state index in [2.05, 4.69) is 29.7 Å². The Kier molecular flexibility index (Phi) is 4.88. The van der Waals surface area contributed by atoms with Crippen LogP contribution in [0.2, 0.25) is 0 Å². The normalized spacial score (nSPS) is 15.1. The molecular weight excluding hydrogens is 443 g/mol. The molecule has 0 unspecified atom stereocenters. The van der Waals surface area contributed by atoms with Crippen LogP contribution < -0.4 is 5.32 Å². The van der Waals surface area contributed by atoms with Crippen LogP contribution in [0, 0.1) is 0 Å². The zero-order valence-electron chi connectivity index (χ0n) is 16.7. The van der Waals surface area contributed by atoms with Crippen LogP contribution in [-0.2, 0) is 6.18 Å². The number of rotatable bonds is 5. The molecule has 3 heterocycles. The maximum Gasteiger partial charge on any atom is 0.416 e. The van der Waals surface area contributed by atoms with E-state index >= 15 is 0 Å². The Morgan fingerprint density at radius 1 is 1.22 bits per heavy atom. The number of hydrogen-bond donors (Lipinski definition) is 1. The predicted molar refractivity (Wildman–Crippen MR) is 109 cm³/mol. The van der Waals surface area contributed by atoms with Crippen LogP contribution in [0.3, 0.4) is 0 Å². The van der Waals surface area contributed by atoms with Crippen molar-refractivity contribution < 1.29 is 18.0 Å². The molecule has 0 saturated heterocycles. The third-order valence-corrected chi connectivity index (χ3v) is 6.10. The van der Waals surface area contributed by atoms with Gasteiger partial charge in [0, 0.05) is 23.7 Å². The third kappa shape index (κ3) is 3.70. The van der Waals surface area contributed by atoms with Gasteiger partial charge in [0.15, 0.2) is 5.82 Å². The number of fused-ring (bicyclic) bond motifs is 1. The van der Waals surface area contributed by atoms with Crippen molar-refractivity contribution in [3.63, 3.8) is 0 Å². The van der Waals surface area contributed by atoms with Gasteiger partial charge >= 0.3 is 6.18 Å². The highest BCUT2D eigenvalue weighted by Gasteiger charge is 2.35. The van der Waals surface area contributed by atoms with Gasteiger partial charge < -0.3 is 5.32 Å². The van der Waals surface area contributed by atoms with E-state index in [1.807, 2.05) is 0 Å². The average molecular weight is 459 g/mol. The summed E-state index contributed by atoms with van der Waals surface area (Å²) in [5.41, 5.74) is -0.293. The lowest BCUT2D eigenvalue weighted by atomic mass is 10.0. The lowest BCUT2D eigenvalue weighted by molar-refractivity contribution is -0.137. The van der Waals surface area contributed by atoms with Crippen molar-refractivity contribution >= 4 is 27.5 Å². The summed E-state index contributed by atoms with van der Waals surface area (Å²) in [5, 5.41) is 7.21. The first-order chi connectivity index (χ1) is 15.3. The Bertz CT molecular complexity index is 1300. The Morgan fingerprint density at radius 2 is 1.97 bits per heavy atom. The molecule has 8 nitrogen and oxygen atoms in total. The summed E-state index contributed by atoms with van der Waals surface area (Å²) < 4.78 is 46.8. The summed E-state index contributed by atoms with van der Waals surface area (Å²) in [6, 6.07) is 2.95. The SMILES string of the molecule is C[C@H](NC(=O)c1cc(C(F)(F)F)cc2c(C3CC3)nsc12)c1ncnn1-c1ncccn1. The molecule has 0 bridgehead atoms. The standard InChI is InChI=1S/C20H16F3N7OS/c1-10(17-26-9-27-30(17)19-24-5-2-6-25-19)28-18(31)14-8-12(20(21,22)23)7-13-15(11-3-4-11)29-32-16(13)14/h2,5-11H,3-4H2,1H3,(H,28,31)/t10-/m0/s1. The second-order valence-electron chi connectivity index (χ2n) is 7.51. The van der Waals surface area contributed by atoms with E-state index in [-0.39, 0.29) is 17.4 Å². The fraction of sp³-hybridized carbons (Fsp3) is 0.300. The van der Waals surface area contributed by atoms with Gasteiger partial charge in [0.1, 0.15) is 6.33 Å². The van der Waals surface area contributed by atoms with Gasteiger partial charge in [-0.3, -0.25) is 4.79 Å². The number of nitrogens with zero attached hydrogens (tertiary/aromatic N) is 6. The first-order valence-electron chi connectivity index (χ1n) is 9.81. The minimum absolute atomic E-state index is 0.0619. The molecule has 1 atom stereocenters. The summed E-state index contributed by atoms with van der Waals surface area (Å²) >= 11 is 1.05. The van der Waals surface area contributed by atoms with E-state index in [0.29, 0.717) is 21.6 Å². The van der Waals surface area contributed by atoms with E-state index in [1.54, 1.807) is 13.0 Å². The molecule has 1 aromatic carbocycles. The van der Waals surface area contributed by atoms with Crippen molar-refractivity contribution in [2.24, 2.45) is 0 Å². The van der Waals surface area contributed by atoms with Crippen molar-refractivity contribution in [3.8, 4) is 5.95 Å². The summed E-state index contributed by atoms with van der Waals surface area (Å²) in [6.45, 7) is 1.66. The van der Waals surface area contributed by atoms with Crippen molar-refractivity contribution in [2.75, 3.05) is 0 Å². The van der Waals surface area contributed by atoms with E-state index in [1.165, 1.54) is 23.4 Å². The van der Waals surface area contributed by atoms with E-state index < -0.39 is 23.7 Å². The quantitative estimate of drug-likeness (QED) is 0.483. The first-order valence-corrected chi connectivity index (χ1v) is 10.6. The molecule has 12 heteroatoms. The zero-order chi connectivity index (χ0) is 22.5. The lowest BCUT2D eigenvalue weighted by Gasteiger charge is -2.15. The highest BCUT2D eigenvalue weighted by atomic mass is 32.1. The Balaban J connectivity index is 1.50. The van der Waals surface area contributed by atoms with E-state index in [0.717, 1.165) is 36.5 Å². The number of carbonyl (C=O) groups is 1. The number of hydrogen-bond acceptors (Lipinski definition) is 7. The average Bonchev–Trinajstić information content (AvgIpc) is 3.32. The monoisotopic (exact) mass is 459 g/mol. The van der Waals surface area contributed by atoms with E-state index in [4.69, 9.17) is 0 Å². The molecular formula is C20H16F3N7OS. The maximum atomic E-state index is 13.6. The second kappa shape index (κ2) is 7.62. The fourth-order valence-electron chi connectivity index (χ4n) is 3.48. The Labute approximate surface area is 183 Å². The summed E-state index contributed by atoms with van der Waals surface area (Å²) in [4.78, 5) is 25.5. The molecule has 1 amide bonds. The molecule has 164 valence electrons. The third-order valence-electron chi connectivity index (χ3n) is 5.19. The molecule has 0 aliphatic heterocycles. The number of benzene rings is 1. The number of nitrogens with one attached hydrogen (secondary N) is 1. The van der Waals surface area contributed by atoms with Gasteiger partial charge in [-0.2, -0.15) is 27.3 Å². The number of aromatic nitrogens is 6. The van der Waals surface area contributed by atoms with Crippen molar-refractivity contribution in [3.05, 3.63) is 59.6 Å². The van der Waals surface area contributed by atoms with Crippen LogP contribution in [-0.4, -0.2) is 35.0 Å². The topological polar surface area (TPSA) is 98.5 Å². The highest BCUT2D eigenvalue weighted by molar-refractivity contribution is 7.13. The molecule has 1 aliphatic carbocycles. The number of halogens is 3. The van der Waals surface area contributed by atoms with Crippen molar-refractivity contribution in [2.45, 2.75) is 37.9 Å². The zero-order valence-corrected chi connectivity index (χ0v) is 17.5. The molecule has 1 saturated carbocycles. The molecule has 3 aromatic heterocycles. The minimum atomic E-state index is -4.58. The number of alkyl halides is 3. The van der Waals surface area contributed by atoms with Crippen LogP contribution in [0.1, 0.15) is 59.2 Å². The van der Waals surface area contributed by atoms with Crippen molar-refractivity contribution in [1.29, 1.82) is 0 Å². The first kappa shape index (κ1) is 20.5. The van der Waals surface area contributed by atoms with Crippen LogP contribution in [0.5, 0.6) is 0 Å². The van der Waals surface area contributed by atoms with Crippen LogP contribution >= 0.6 is 11.5 Å². The largest absolute Gasteiger partial charge is 0.416 e. The second-order valence-corrected chi connectivity index (χ2v) is 8.29. The maximum absolute atomic E-state index is 13.6. The van der Waals surface area contributed by atoms with Gasteiger partial charge in [-0.25, -0.2) is 15.0 Å². The lowest BCUT2D eigenvalue weighted by Crippen LogP contribution is -2.29. The molecule has 0 radical (unpaired) electrons. The van der Waals surface area contributed by atoms with Gasteiger partial charge in [-0.1, -0.05) is 0 Å². The van der Waals surface area contributed by atoms with Crippen LogP contribution in [0.4, 0.5) is 13.2 Å². The highest BCUT2D eigenvalue weighted by Crippen LogP contribution is 2.45. The molecule has 4 aromatic rings. The van der Waals surface area contributed by atoms with Crippen LogP contribution in [0.15, 0.2) is 36.9 Å². The minimum Gasteiger partial charge on any atom is -0.342 e. The molecule has 1 aliphatic rings. The predicted octanol–water partition coefficient (Wildman–Crippen LogP) is 4.05. The molecule has 5 rings (SSSR count). The summed E-state index contributed by atoms with van der Waals surface area (Å²) in [5.74, 6) is 0.115. The fourth-order valence-corrected chi connectivity index (χ4v) is 4.43. The number of carbonyl (C=O) groups excluding carboxylic acids is 1. The van der Waals surface area contributed by atoms with Gasteiger partial charge in [0.25, 0.3) is 11.9 Å². The van der Waals surface area contributed by atoms with Crippen molar-refractivity contribution in [1.82, 2.24) is 34.4 Å². The summed E-state index contributed by atoms with van der Waals surface area (Å²) in [6.07, 6.45) is 1.58. The van der Waals surface area contributed by atoms with Gasteiger partial charge in [0.2, 0.25) is 0 Å². The van der Waals surface area contributed by atoms with Gasteiger partial charge in [-0.15, -0.1) is 0 Å². The molecule has 0 spiro atoms. The van der Waals surface area contributed by atoms with Gasteiger partial charge in [-0.05, 0) is 49.5 Å². The molecule has 1 fully saturated rings. The Hall–Kier alpha value is -3.41. The van der Waals surface area contributed by atoms with Crippen LogP contribution in [0.25, 0.3) is 16.0 Å². The molecule has 32 heavy (non-hydrogen) atoms.